The molecule has 0 aliphatic heterocycles. The highest BCUT2D eigenvalue weighted by molar-refractivity contribution is 7.56. The molecule has 0 aromatic carbocycles. The van der Waals surface area contributed by atoms with E-state index in [1.165, 1.54) is 54.7 Å². The second-order valence-corrected chi connectivity index (χ2v) is 14.8. The monoisotopic (exact) mass is 616 g/mol. The average molecular weight is 617 g/mol. The number of carbonyl (C=O) groups excluding carboxylic acids is 2. The Labute approximate surface area is 220 Å². The molecular formula is C19H56O13P4. The number of hydrogen-bond acceptors (Lipinski definition) is 9. The Morgan fingerprint density at radius 1 is 0.528 bits per heavy atom. The predicted octanol–water partition coefficient (Wildman–Crippen LogP) is 5.74. The van der Waals surface area contributed by atoms with Gasteiger partial charge in [-0.05, 0) is 0 Å². The third-order valence-corrected chi connectivity index (χ3v) is 2.32. The quantitative estimate of drug-likeness (QED) is 0.166. The van der Waals surface area contributed by atoms with E-state index >= 15 is 0 Å². The molecule has 0 bridgehead atoms. The third kappa shape index (κ3) is 378. The lowest BCUT2D eigenvalue weighted by Crippen LogP contribution is -2.03. The summed E-state index contributed by atoms with van der Waals surface area (Å²) < 4.78 is 51.4. The minimum atomic E-state index is -3.15. The molecule has 4 N–H and O–H groups in total. The molecule has 0 rings (SSSR count). The van der Waals surface area contributed by atoms with Crippen LogP contribution >= 0.6 is 29.9 Å². The molecule has 36 heavy (non-hydrogen) atoms. The molecule has 0 radical (unpaired) electrons. The Morgan fingerprint density at radius 3 is 0.611 bits per heavy atom. The summed E-state index contributed by atoms with van der Waals surface area (Å²) >= 11 is 0. The fourth-order valence-electron chi connectivity index (χ4n) is 0.202. The van der Waals surface area contributed by atoms with E-state index in [0.717, 1.165) is 13.3 Å². The summed E-state index contributed by atoms with van der Waals surface area (Å²) in [7, 11) is -9.18. The molecule has 2 atom stereocenters. The highest BCUT2D eigenvalue weighted by Crippen LogP contribution is 2.34. The van der Waals surface area contributed by atoms with Crippen LogP contribution in [0.3, 0.4) is 0 Å². The van der Waals surface area contributed by atoms with Gasteiger partial charge >= 0.3 is 27.1 Å². The highest BCUT2D eigenvalue weighted by atomic mass is 31.2. The minimum absolute atomic E-state index is 0. The van der Waals surface area contributed by atoms with Crippen LogP contribution in [-0.4, -0.2) is 85.7 Å². The van der Waals surface area contributed by atoms with Crippen LogP contribution in [0.1, 0.15) is 62.8 Å². The van der Waals surface area contributed by atoms with Crippen molar-refractivity contribution >= 4 is 41.9 Å². The van der Waals surface area contributed by atoms with Gasteiger partial charge in [0.05, 0.1) is 0 Å². The molecule has 0 aromatic rings. The molecule has 0 spiro atoms. The largest absolute Gasteiger partial charge is 0.394 e. The summed E-state index contributed by atoms with van der Waals surface area (Å²) in [6, 6.07) is 0. The standard InChI is InChI=1S/C4H6O3.2C2H7O3P.2C2H7O2P.3C2H6.CH4/c1-3(5)7-4(2)6;2*1-5-6(2,3)4;2*1-5(2,3)4;3*1-2;/h1-2H3;2*1-2H3,(H,3,4);2*1-2H3,(H,3,4);3*1-2H3;1H4. The topological polar surface area (TPSA) is 211 Å². The molecule has 0 saturated carbocycles. The van der Waals surface area contributed by atoms with Crippen LogP contribution < -0.4 is 0 Å². The van der Waals surface area contributed by atoms with Gasteiger partial charge in [-0.25, -0.2) is 0 Å². The Kier molecular flexibility index (Phi) is 62.0. The van der Waals surface area contributed by atoms with Gasteiger partial charge in [0.15, 0.2) is 14.7 Å². The van der Waals surface area contributed by atoms with Crippen molar-refractivity contribution in [3.63, 3.8) is 0 Å². The Morgan fingerprint density at radius 2 is 0.611 bits per heavy atom. The summed E-state index contributed by atoms with van der Waals surface area (Å²) in [6.45, 7) is 21.8. The Hall–Kier alpha value is -0.180. The number of carbonyl (C=O) groups is 2. The van der Waals surface area contributed by atoms with Gasteiger partial charge < -0.3 is 33.4 Å². The second kappa shape index (κ2) is 37.0. The second-order valence-electron chi connectivity index (χ2n) is 5.64. The SMILES string of the molecule is C.CC.CC.CC.CC(=O)OC(C)=O.COP(C)(=O)O.COP(C)(=O)O.CP(C)(=O)O.CP(C)(=O)O. The van der Waals surface area contributed by atoms with Gasteiger partial charge in [0, 0.05) is 68.1 Å². The van der Waals surface area contributed by atoms with Crippen molar-refractivity contribution in [1.29, 1.82) is 0 Å². The summed E-state index contributed by atoms with van der Waals surface area (Å²) in [4.78, 5) is 52.1. The fourth-order valence-corrected chi connectivity index (χ4v) is 0.202. The summed E-state index contributed by atoms with van der Waals surface area (Å²) in [6.07, 6.45) is 0. The number of hydrogen-bond donors (Lipinski definition) is 4. The van der Waals surface area contributed by atoms with Gasteiger partial charge in [0.1, 0.15) is 0 Å². The molecular weight excluding hydrogens is 560 g/mol. The smallest absolute Gasteiger partial charge is 0.324 e. The fraction of sp³-hybridized carbons (Fsp3) is 0.895. The van der Waals surface area contributed by atoms with E-state index < -0.39 is 41.9 Å². The van der Waals surface area contributed by atoms with Crippen LogP contribution in [0.25, 0.3) is 0 Å². The lowest BCUT2D eigenvalue weighted by atomic mass is 10.7. The van der Waals surface area contributed by atoms with Gasteiger partial charge in [-0.3, -0.25) is 27.8 Å². The maximum Gasteiger partial charge on any atom is 0.324 e. The van der Waals surface area contributed by atoms with Crippen molar-refractivity contribution in [1.82, 2.24) is 0 Å². The van der Waals surface area contributed by atoms with Crippen LogP contribution in [0.4, 0.5) is 0 Å². The first kappa shape index (κ1) is 60.4. The highest BCUT2D eigenvalue weighted by Gasteiger charge is 2.03. The van der Waals surface area contributed by atoms with E-state index in [9.17, 15) is 27.8 Å². The van der Waals surface area contributed by atoms with Crippen LogP contribution in [0, 0.1) is 0 Å². The number of ether oxygens (including phenoxy) is 1. The summed E-state index contributed by atoms with van der Waals surface area (Å²) in [5, 5.41) is 0. The zero-order valence-electron chi connectivity index (χ0n) is 24.3. The molecule has 0 saturated heterocycles. The van der Waals surface area contributed by atoms with E-state index in [0.29, 0.717) is 0 Å². The zero-order chi connectivity index (χ0) is 31.3. The van der Waals surface area contributed by atoms with Gasteiger partial charge in [-0.2, -0.15) is 0 Å². The first-order chi connectivity index (χ1) is 15.2. The molecule has 0 heterocycles. The van der Waals surface area contributed by atoms with Crippen LogP contribution in [-0.2, 0) is 41.6 Å². The summed E-state index contributed by atoms with van der Waals surface area (Å²) in [5.41, 5.74) is 0. The van der Waals surface area contributed by atoms with Crippen LogP contribution in [0.15, 0.2) is 0 Å². The Bertz CT molecular complexity index is 559. The maximum absolute atomic E-state index is 9.92. The van der Waals surface area contributed by atoms with Crippen molar-refractivity contribution in [2.75, 3.05) is 54.2 Å². The Balaban J connectivity index is -0.0000000342. The van der Waals surface area contributed by atoms with E-state index in [-0.39, 0.29) is 7.43 Å². The van der Waals surface area contributed by atoms with Crippen molar-refractivity contribution in [2.45, 2.75) is 62.8 Å². The van der Waals surface area contributed by atoms with Crippen LogP contribution in [0.5, 0.6) is 0 Å². The van der Waals surface area contributed by atoms with Gasteiger partial charge in [0.25, 0.3) is 0 Å². The van der Waals surface area contributed by atoms with E-state index in [4.69, 9.17) is 19.6 Å². The van der Waals surface area contributed by atoms with Gasteiger partial charge in [-0.1, -0.05) is 49.0 Å². The molecule has 2 unspecified atom stereocenters. The molecule has 17 heteroatoms. The van der Waals surface area contributed by atoms with Gasteiger partial charge in [0.2, 0.25) is 0 Å². The molecule has 0 amide bonds. The van der Waals surface area contributed by atoms with Crippen molar-refractivity contribution in [3.8, 4) is 0 Å². The van der Waals surface area contributed by atoms with E-state index in [1.807, 2.05) is 41.5 Å². The predicted molar refractivity (Wildman–Crippen MR) is 152 cm³/mol. The maximum atomic E-state index is 9.92. The molecule has 230 valence electrons. The normalized spacial score (nSPS) is 11.9. The van der Waals surface area contributed by atoms with Crippen LogP contribution in [0.2, 0.25) is 0 Å². The molecule has 0 fully saturated rings. The molecule has 0 aliphatic carbocycles. The minimum Gasteiger partial charge on any atom is -0.394 e. The van der Waals surface area contributed by atoms with Crippen molar-refractivity contribution in [3.05, 3.63) is 0 Å². The molecule has 0 aliphatic rings. The first-order valence-electron chi connectivity index (χ1n) is 10.2. The first-order valence-corrected chi connectivity index (χ1v) is 19.4. The number of rotatable bonds is 2. The lowest BCUT2D eigenvalue weighted by molar-refractivity contribution is -0.156. The van der Waals surface area contributed by atoms with Gasteiger partial charge in [-0.15, -0.1) is 0 Å². The number of esters is 2. The van der Waals surface area contributed by atoms with E-state index in [1.54, 1.807) is 0 Å². The third-order valence-electron chi connectivity index (χ3n) is 0.965. The van der Waals surface area contributed by atoms with Crippen molar-refractivity contribution < 1.29 is 61.2 Å². The van der Waals surface area contributed by atoms with Crippen molar-refractivity contribution in [2.24, 2.45) is 0 Å². The average Bonchev–Trinajstić information content (AvgIpc) is 2.63. The summed E-state index contributed by atoms with van der Waals surface area (Å²) in [5.74, 6) is -1.12. The molecule has 0 aromatic heterocycles. The molecule has 13 nitrogen and oxygen atoms in total. The van der Waals surface area contributed by atoms with E-state index in [2.05, 4.69) is 13.8 Å². The lowest BCUT2D eigenvalue weighted by Gasteiger charge is -1.96. The zero-order valence-corrected chi connectivity index (χ0v) is 27.8.